The van der Waals surface area contributed by atoms with Gasteiger partial charge in [0.15, 0.2) is 0 Å². The van der Waals surface area contributed by atoms with Crippen molar-refractivity contribution in [3.63, 3.8) is 0 Å². The summed E-state index contributed by atoms with van der Waals surface area (Å²) in [5.74, 6) is 0.531. The summed E-state index contributed by atoms with van der Waals surface area (Å²) in [6.45, 7) is 3.06. The molecule has 1 heterocycles. The van der Waals surface area contributed by atoms with Crippen LogP contribution in [0.1, 0.15) is 29.0 Å². The normalized spacial score (nSPS) is 12.0. The minimum Gasteiger partial charge on any atom is -0.496 e. The van der Waals surface area contributed by atoms with E-state index in [1.54, 1.807) is 24.2 Å². The van der Waals surface area contributed by atoms with Crippen LogP contribution in [0.4, 0.5) is 0 Å². The molecule has 0 saturated carbocycles. The molecule has 2 rings (SSSR count). The van der Waals surface area contributed by atoms with E-state index in [4.69, 9.17) is 10.5 Å². The summed E-state index contributed by atoms with van der Waals surface area (Å²) in [5.41, 5.74) is 6.78. The molecule has 2 aromatic rings. The van der Waals surface area contributed by atoms with Gasteiger partial charge >= 0.3 is 0 Å². The molecule has 1 atom stereocenters. The summed E-state index contributed by atoms with van der Waals surface area (Å²) < 4.78 is 7.10. The number of nitrogens with two attached hydrogens (primary N) is 1. The highest BCUT2D eigenvalue weighted by molar-refractivity contribution is 5.92. The second kappa shape index (κ2) is 6.90. The SMILES string of the molecule is COc1ccccc1[C@@H](C)NC(=O)c1cn(CCN)cn1. The summed E-state index contributed by atoms with van der Waals surface area (Å²) in [7, 11) is 1.61. The van der Waals surface area contributed by atoms with Crippen LogP contribution in [0.3, 0.4) is 0 Å². The molecule has 3 N–H and O–H groups in total. The molecule has 21 heavy (non-hydrogen) atoms. The lowest BCUT2D eigenvalue weighted by atomic mass is 10.1. The summed E-state index contributed by atoms with van der Waals surface area (Å²) in [4.78, 5) is 16.3. The van der Waals surface area contributed by atoms with Crippen molar-refractivity contribution in [2.75, 3.05) is 13.7 Å². The molecule has 6 nitrogen and oxygen atoms in total. The van der Waals surface area contributed by atoms with Gasteiger partial charge in [-0.05, 0) is 13.0 Å². The second-order valence-corrected chi connectivity index (χ2v) is 4.72. The summed E-state index contributed by atoms with van der Waals surface area (Å²) >= 11 is 0. The molecule has 1 aromatic heterocycles. The van der Waals surface area contributed by atoms with Gasteiger partial charge in [0.2, 0.25) is 0 Å². The number of imidazole rings is 1. The number of carbonyl (C=O) groups excluding carboxylic acids is 1. The van der Waals surface area contributed by atoms with Crippen molar-refractivity contribution in [2.45, 2.75) is 19.5 Å². The quantitative estimate of drug-likeness (QED) is 0.840. The van der Waals surface area contributed by atoms with Gasteiger partial charge in [-0.15, -0.1) is 0 Å². The number of hydrogen-bond acceptors (Lipinski definition) is 4. The second-order valence-electron chi connectivity index (χ2n) is 4.72. The molecule has 0 saturated heterocycles. The Kier molecular flexibility index (Phi) is 4.94. The number of hydrogen-bond donors (Lipinski definition) is 2. The van der Waals surface area contributed by atoms with Gasteiger partial charge in [0.1, 0.15) is 11.4 Å². The van der Waals surface area contributed by atoms with Crippen molar-refractivity contribution in [3.05, 3.63) is 48.0 Å². The van der Waals surface area contributed by atoms with E-state index in [0.717, 1.165) is 11.3 Å². The average molecular weight is 288 g/mol. The summed E-state index contributed by atoms with van der Waals surface area (Å²) in [5, 5.41) is 2.92. The Morgan fingerprint density at radius 2 is 2.24 bits per heavy atom. The van der Waals surface area contributed by atoms with Gasteiger partial charge in [-0.1, -0.05) is 18.2 Å². The minimum atomic E-state index is -0.218. The number of ether oxygens (including phenoxy) is 1. The van der Waals surface area contributed by atoms with Crippen molar-refractivity contribution in [2.24, 2.45) is 5.73 Å². The minimum absolute atomic E-state index is 0.173. The third kappa shape index (κ3) is 3.61. The molecular weight excluding hydrogens is 268 g/mol. The molecule has 0 radical (unpaired) electrons. The topological polar surface area (TPSA) is 82.2 Å². The third-order valence-electron chi connectivity index (χ3n) is 3.21. The fourth-order valence-electron chi connectivity index (χ4n) is 2.12. The van der Waals surface area contributed by atoms with Gasteiger partial charge < -0.3 is 20.4 Å². The Balaban J connectivity index is 2.07. The number of para-hydroxylation sites is 1. The number of benzene rings is 1. The van der Waals surface area contributed by atoms with E-state index in [9.17, 15) is 4.79 Å². The Hall–Kier alpha value is -2.34. The van der Waals surface area contributed by atoms with E-state index in [-0.39, 0.29) is 11.9 Å². The molecule has 112 valence electrons. The monoisotopic (exact) mass is 288 g/mol. The molecule has 1 amide bonds. The molecule has 0 fully saturated rings. The molecular formula is C15H20N4O2. The maximum atomic E-state index is 12.2. The Morgan fingerprint density at radius 1 is 1.48 bits per heavy atom. The zero-order valence-electron chi connectivity index (χ0n) is 12.2. The van der Waals surface area contributed by atoms with Crippen molar-refractivity contribution in [1.82, 2.24) is 14.9 Å². The summed E-state index contributed by atoms with van der Waals surface area (Å²) in [6.07, 6.45) is 3.30. The lowest BCUT2D eigenvalue weighted by molar-refractivity contribution is 0.0935. The van der Waals surface area contributed by atoms with Crippen molar-refractivity contribution < 1.29 is 9.53 Å². The lowest BCUT2D eigenvalue weighted by Gasteiger charge is -2.16. The van der Waals surface area contributed by atoms with Crippen LogP contribution in [-0.4, -0.2) is 29.1 Å². The first-order chi connectivity index (χ1) is 10.2. The van der Waals surface area contributed by atoms with E-state index >= 15 is 0 Å². The van der Waals surface area contributed by atoms with Crippen LogP contribution in [0.15, 0.2) is 36.8 Å². The van der Waals surface area contributed by atoms with Crippen LogP contribution in [0.5, 0.6) is 5.75 Å². The Morgan fingerprint density at radius 3 is 2.95 bits per heavy atom. The Bertz CT molecular complexity index is 609. The first-order valence-corrected chi connectivity index (χ1v) is 6.81. The van der Waals surface area contributed by atoms with Crippen molar-refractivity contribution >= 4 is 5.91 Å². The molecule has 1 aromatic carbocycles. The van der Waals surface area contributed by atoms with Gasteiger partial charge in [0, 0.05) is 24.8 Å². The van der Waals surface area contributed by atoms with Crippen molar-refractivity contribution in [1.29, 1.82) is 0 Å². The van der Waals surface area contributed by atoms with Crippen LogP contribution in [-0.2, 0) is 6.54 Å². The summed E-state index contributed by atoms with van der Waals surface area (Å²) in [6, 6.07) is 7.43. The van der Waals surface area contributed by atoms with Crippen LogP contribution in [0.2, 0.25) is 0 Å². The molecule has 0 unspecified atom stereocenters. The predicted molar refractivity (Wildman–Crippen MR) is 80.2 cm³/mol. The van der Waals surface area contributed by atoms with E-state index in [1.807, 2.05) is 31.2 Å². The number of nitrogens with zero attached hydrogens (tertiary/aromatic N) is 2. The average Bonchev–Trinajstić information content (AvgIpc) is 2.96. The van der Waals surface area contributed by atoms with Crippen LogP contribution >= 0.6 is 0 Å². The first kappa shape index (κ1) is 15.1. The highest BCUT2D eigenvalue weighted by Crippen LogP contribution is 2.24. The zero-order chi connectivity index (χ0) is 15.2. The number of rotatable bonds is 6. The van der Waals surface area contributed by atoms with E-state index in [1.165, 1.54) is 0 Å². The third-order valence-corrected chi connectivity index (χ3v) is 3.21. The van der Waals surface area contributed by atoms with Crippen LogP contribution in [0.25, 0.3) is 0 Å². The molecule has 0 bridgehead atoms. The maximum absolute atomic E-state index is 12.2. The molecule has 0 spiro atoms. The van der Waals surface area contributed by atoms with Gasteiger partial charge in [-0.3, -0.25) is 4.79 Å². The maximum Gasteiger partial charge on any atom is 0.271 e. The van der Waals surface area contributed by atoms with Gasteiger partial charge in [-0.25, -0.2) is 4.98 Å². The van der Waals surface area contributed by atoms with Crippen LogP contribution < -0.4 is 15.8 Å². The molecule has 0 aliphatic carbocycles. The van der Waals surface area contributed by atoms with Gasteiger partial charge in [0.05, 0.1) is 19.5 Å². The zero-order valence-corrected chi connectivity index (χ0v) is 12.2. The molecule has 0 aliphatic heterocycles. The molecule has 6 heteroatoms. The largest absolute Gasteiger partial charge is 0.496 e. The number of amides is 1. The van der Waals surface area contributed by atoms with Gasteiger partial charge in [-0.2, -0.15) is 0 Å². The predicted octanol–water partition coefficient (Wildman–Crippen LogP) is 1.34. The highest BCUT2D eigenvalue weighted by Gasteiger charge is 2.16. The fraction of sp³-hybridized carbons (Fsp3) is 0.333. The fourth-order valence-corrected chi connectivity index (χ4v) is 2.12. The Labute approximate surface area is 123 Å². The smallest absolute Gasteiger partial charge is 0.271 e. The van der Waals surface area contributed by atoms with E-state index in [0.29, 0.717) is 18.8 Å². The molecule has 0 aliphatic rings. The standard InChI is InChI=1S/C15H20N4O2/c1-11(12-5-3-4-6-14(12)21-2)18-15(20)13-9-19(8-7-16)10-17-13/h3-6,9-11H,7-8,16H2,1-2H3,(H,18,20)/t11-/m1/s1. The van der Waals surface area contributed by atoms with E-state index < -0.39 is 0 Å². The number of carbonyl (C=O) groups is 1. The lowest BCUT2D eigenvalue weighted by Crippen LogP contribution is -2.27. The van der Waals surface area contributed by atoms with Gasteiger partial charge in [0.25, 0.3) is 5.91 Å². The highest BCUT2D eigenvalue weighted by atomic mass is 16.5. The van der Waals surface area contributed by atoms with E-state index in [2.05, 4.69) is 10.3 Å². The van der Waals surface area contributed by atoms with Crippen LogP contribution in [0, 0.1) is 0 Å². The number of nitrogens with one attached hydrogen (secondary N) is 1. The van der Waals surface area contributed by atoms with Crippen molar-refractivity contribution in [3.8, 4) is 5.75 Å². The first-order valence-electron chi connectivity index (χ1n) is 6.81. The number of methoxy groups -OCH3 is 1. The number of aromatic nitrogens is 2.